The molecule has 0 saturated heterocycles. The van der Waals surface area contributed by atoms with Gasteiger partial charge in [-0.2, -0.15) is 0 Å². The van der Waals surface area contributed by atoms with Gasteiger partial charge in [0.25, 0.3) is 11.8 Å². The smallest absolute Gasteiger partial charge is 0.252 e. The van der Waals surface area contributed by atoms with Gasteiger partial charge < -0.3 is 31.2 Å². The summed E-state index contributed by atoms with van der Waals surface area (Å²) in [6, 6.07) is 18.5. The number of nitrogens with zero attached hydrogens (tertiary/aromatic N) is 1. The highest BCUT2D eigenvalue weighted by Gasteiger charge is 2.17. The Morgan fingerprint density at radius 2 is 1.62 bits per heavy atom. The van der Waals surface area contributed by atoms with E-state index in [2.05, 4.69) is 27.0 Å². The Morgan fingerprint density at radius 3 is 2.31 bits per heavy atom. The third-order valence-corrected chi connectivity index (χ3v) is 7.06. The highest BCUT2D eigenvalue weighted by atomic mass is 35.5. The number of nitrogens with two attached hydrogens (primary N) is 1. The van der Waals surface area contributed by atoms with Gasteiger partial charge in [-0.3, -0.25) is 14.6 Å². The maximum absolute atomic E-state index is 12.4. The van der Waals surface area contributed by atoms with E-state index in [1.54, 1.807) is 30.5 Å². The fourth-order valence-electron chi connectivity index (χ4n) is 4.60. The summed E-state index contributed by atoms with van der Waals surface area (Å²) in [5.41, 5.74) is 11.1. The minimum absolute atomic E-state index is 0.125. The van der Waals surface area contributed by atoms with Crippen LogP contribution >= 0.6 is 11.6 Å². The lowest BCUT2D eigenvalue weighted by molar-refractivity contribution is 0.0486. The van der Waals surface area contributed by atoms with Crippen LogP contribution in [-0.4, -0.2) is 62.4 Å². The van der Waals surface area contributed by atoms with Crippen LogP contribution < -0.4 is 21.7 Å². The summed E-state index contributed by atoms with van der Waals surface area (Å²) < 4.78 is 11.0. The lowest BCUT2D eigenvalue weighted by atomic mass is 9.90. The minimum Gasteiger partial charge on any atom is -0.398 e. The standard InChI is InChI=1S/C32H38ClN5O4/c33-26-10-12-30(34)29(20-26)24-7-4-8-27(19-24)38-22-28-11-9-25(21-37-28)32(40)36-14-16-42-18-17-41-15-13-35-31(39)23-5-2-1-3-6-23/h1-3,5-6,9-12,19-21,27,38H,4,7-8,13-18,22,34H2,(H,35,39)(H,36,40). The van der Waals surface area contributed by atoms with Crippen LogP contribution in [0.4, 0.5) is 5.69 Å². The topological polar surface area (TPSA) is 128 Å². The van der Waals surface area contributed by atoms with Crippen molar-refractivity contribution in [2.75, 3.05) is 45.3 Å². The molecule has 0 aliphatic heterocycles. The molecule has 2 amide bonds. The van der Waals surface area contributed by atoms with Crippen LogP contribution in [0.25, 0.3) is 5.57 Å². The molecule has 42 heavy (non-hydrogen) atoms. The minimum atomic E-state index is -0.199. The van der Waals surface area contributed by atoms with Crippen molar-refractivity contribution >= 4 is 34.7 Å². The molecule has 0 spiro atoms. The summed E-state index contributed by atoms with van der Waals surface area (Å²) >= 11 is 6.18. The molecule has 1 unspecified atom stereocenters. The van der Waals surface area contributed by atoms with Crippen molar-refractivity contribution in [2.45, 2.75) is 31.8 Å². The number of pyridine rings is 1. The van der Waals surface area contributed by atoms with Crippen LogP contribution in [0.3, 0.4) is 0 Å². The number of hydrogen-bond donors (Lipinski definition) is 4. The monoisotopic (exact) mass is 591 g/mol. The van der Waals surface area contributed by atoms with E-state index in [1.807, 2.05) is 36.4 Å². The molecule has 1 heterocycles. The van der Waals surface area contributed by atoms with E-state index in [9.17, 15) is 9.59 Å². The van der Waals surface area contributed by atoms with Crippen LogP contribution in [0.5, 0.6) is 0 Å². The lowest BCUT2D eigenvalue weighted by Crippen LogP contribution is -2.29. The Hall–Kier alpha value is -3.76. The Balaban J connectivity index is 1.07. The molecule has 4 rings (SSSR count). The van der Waals surface area contributed by atoms with Crippen molar-refractivity contribution in [3.63, 3.8) is 0 Å². The number of hydrogen-bond acceptors (Lipinski definition) is 7. The Kier molecular flexibility index (Phi) is 12.3. The second kappa shape index (κ2) is 16.6. The van der Waals surface area contributed by atoms with E-state index in [0.29, 0.717) is 62.2 Å². The third-order valence-electron chi connectivity index (χ3n) is 6.83. The molecule has 222 valence electrons. The summed E-state index contributed by atoms with van der Waals surface area (Å²) in [5, 5.41) is 9.86. The van der Waals surface area contributed by atoms with E-state index in [1.165, 1.54) is 5.57 Å². The molecule has 1 aliphatic rings. The maximum Gasteiger partial charge on any atom is 0.252 e. The van der Waals surface area contributed by atoms with Gasteiger partial charge >= 0.3 is 0 Å². The first-order valence-electron chi connectivity index (χ1n) is 14.2. The fraction of sp³-hybridized carbons (Fsp3) is 0.344. The molecule has 2 aromatic carbocycles. The first kappa shape index (κ1) is 31.2. The van der Waals surface area contributed by atoms with E-state index in [0.717, 1.165) is 36.2 Å². The normalized spacial score (nSPS) is 14.7. The number of halogens is 1. The van der Waals surface area contributed by atoms with E-state index in [4.69, 9.17) is 26.8 Å². The van der Waals surface area contributed by atoms with Gasteiger partial charge in [0.1, 0.15) is 0 Å². The van der Waals surface area contributed by atoms with Crippen LogP contribution in [0.2, 0.25) is 5.02 Å². The Bertz CT molecular complexity index is 1330. The van der Waals surface area contributed by atoms with Gasteiger partial charge in [-0.25, -0.2) is 0 Å². The van der Waals surface area contributed by atoms with Crippen molar-refractivity contribution < 1.29 is 19.1 Å². The molecular formula is C32H38ClN5O4. The molecule has 1 aromatic heterocycles. The van der Waals surface area contributed by atoms with Gasteiger partial charge in [-0.05, 0) is 67.3 Å². The number of rotatable bonds is 15. The maximum atomic E-state index is 12.4. The third kappa shape index (κ3) is 9.95. The van der Waals surface area contributed by atoms with Gasteiger partial charge in [0.15, 0.2) is 0 Å². The number of amides is 2. The van der Waals surface area contributed by atoms with E-state index in [-0.39, 0.29) is 17.9 Å². The molecule has 0 bridgehead atoms. The van der Waals surface area contributed by atoms with Crippen LogP contribution in [0.15, 0.2) is 72.9 Å². The highest BCUT2D eigenvalue weighted by molar-refractivity contribution is 6.30. The van der Waals surface area contributed by atoms with Gasteiger partial charge in [-0.1, -0.05) is 35.9 Å². The summed E-state index contributed by atoms with van der Waals surface area (Å²) in [6.45, 7) is 2.96. The lowest BCUT2D eigenvalue weighted by Gasteiger charge is -2.23. The zero-order valence-electron chi connectivity index (χ0n) is 23.6. The van der Waals surface area contributed by atoms with Gasteiger partial charge in [0, 0.05) is 53.7 Å². The van der Waals surface area contributed by atoms with Crippen molar-refractivity contribution in [1.29, 1.82) is 0 Å². The largest absolute Gasteiger partial charge is 0.398 e. The Morgan fingerprint density at radius 1 is 0.905 bits per heavy atom. The summed E-state index contributed by atoms with van der Waals surface area (Å²) in [6.07, 6.45) is 6.89. The molecule has 1 atom stereocenters. The molecule has 0 radical (unpaired) electrons. The van der Waals surface area contributed by atoms with Gasteiger partial charge in [-0.15, -0.1) is 0 Å². The average molecular weight is 592 g/mol. The van der Waals surface area contributed by atoms with Crippen LogP contribution in [0, 0.1) is 0 Å². The summed E-state index contributed by atoms with van der Waals surface area (Å²) in [5.74, 6) is -0.324. The first-order chi connectivity index (χ1) is 20.5. The number of nitrogen functional groups attached to an aromatic ring is 1. The number of nitrogens with one attached hydrogen (secondary N) is 3. The van der Waals surface area contributed by atoms with Crippen molar-refractivity contribution in [1.82, 2.24) is 20.9 Å². The second-order valence-electron chi connectivity index (χ2n) is 9.94. The number of benzene rings is 2. The van der Waals surface area contributed by atoms with Crippen molar-refractivity contribution in [2.24, 2.45) is 0 Å². The quantitative estimate of drug-likeness (QED) is 0.154. The predicted molar refractivity (Wildman–Crippen MR) is 165 cm³/mol. The summed E-state index contributed by atoms with van der Waals surface area (Å²) in [7, 11) is 0. The SMILES string of the molecule is Nc1ccc(Cl)cc1C1=CC(NCc2ccc(C(=O)NCCOCCOCCNC(=O)c3ccccc3)cn2)CCC1. The second-order valence-corrected chi connectivity index (χ2v) is 10.4. The molecule has 3 aromatic rings. The zero-order chi connectivity index (χ0) is 29.6. The van der Waals surface area contributed by atoms with E-state index >= 15 is 0 Å². The van der Waals surface area contributed by atoms with Gasteiger partial charge in [0.2, 0.25) is 0 Å². The zero-order valence-corrected chi connectivity index (χ0v) is 24.4. The fourth-order valence-corrected chi connectivity index (χ4v) is 4.77. The number of anilines is 1. The molecule has 0 fully saturated rings. The van der Waals surface area contributed by atoms with Crippen LogP contribution in [0.1, 0.15) is 51.2 Å². The van der Waals surface area contributed by atoms with Gasteiger partial charge in [0.05, 0.1) is 37.7 Å². The molecule has 9 nitrogen and oxygen atoms in total. The molecule has 10 heteroatoms. The number of ether oxygens (including phenoxy) is 2. The number of carbonyl (C=O) groups excluding carboxylic acids is 2. The molecular weight excluding hydrogens is 554 g/mol. The molecule has 1 aliphatic carbocycles. The average Bonchev–Trinajstić information content (AvgIpc) is 3.02. The number of allylic oxidation sites excluding steroid dienone is 1. The molecule has 0 saturated carbocycles. The summed E-state index contributed by atoms with van der Waals surface area (Å²) in [4.78, 5) is 28.8. The predicted octanol–water partition coefficient (Wildman–Crippen LogP) is 4.24. The van der Waals surface area contributed by atoms with Crippen molar-refractivity contribution in [3.05, 3.63) is 100 Å². The molecule has 5 N–H and O–H groups in total. The number of aromatic nitrogens is 1. The number of carbonyl (C=O) groups is 2. The van der Waals surface area contributed by atoms with E-state index < -0.39 is 0 Å². The van der Waals surface area contributed by atoms with Crippen molar-refractivity contribution in [3.8, 4) is 0 Å². The highest BCUT2D eigenvalue weighted by Crippen LogP contribution is 2.32. The first-order valence-corrected chi connectivity index (χ1v) is 14.6. The van der Waals surface area contributed by atoms with Crippen LogP contribution in [-0.2, 0) is 16.0 Å². The Labute approximate surface area is 251 Å².